The molecular weight excluding hydrogens is 191 g/mol. The van der Waals surface area contributed by atoms with E-state index in [-0.39, 0.29) is 5.82 Å². The molecule has 1 aromatic rings. The number of hydrogen-bond donors (Lipinski definition) is 0. The summed E-state index contributed by atoms with van der Waals surface area (Å²) in [4.78, 5) is 4.42. The third-order valence-electron chi connectivity index (χ3n) is 2.96. The van der Waals surface area contributed by atoms with E-state index in [1.54, 1.807) is 6.07 Å². The van der Waals surface area contributed by atoms with E-state index in [1.807, 2.05) is 13.1 Å². The number of anilines is 2. The van der Waals surface area contributed by atoms with Gasteiger partial charge in [0.1, 0.15) is 5.82 Å². The Morgan fingerprint density at radius 3 is 2.60 bits per heavy atom. The first-order valence-corrected chi connectivity index (χ1v) is 5.37. The van der Waals surface area contributed by atoms with Gasteiger partial charge in [-0.3, -0.25) is 0 Å². The maximum absolute atomic E-state index is 13.2. The molecule has 0 unspecified atom stereocenters. The van der Waals surface area contributed by atoms with Crippen LogP contribution in [0.5, 0.6) is 0 Å². The largest absolute Gasteiger partial charge is 0.371 e. The third kappa shape index (κ3) is 1.78. The molecule has 0 saturated heterocycles. The van der Waals surface area contributed by atoms with Crippen molar-refractivity contribution in [2.75, 3.05) is 29.9 Å². The van der Waals surface area contributed by atoms with Crippen molar-refractivity contribution in [2.24, 2.45) is 0 Å². The van der Waals surface area contributed by atoms with Crippen LogP contribution in [-0.4, -0.2) is 26.2 Å². The summed E-state index contributed by atoms with van der Waals surface area (Å²) in [5.74, 6) is -0.161. The molecule has 0 fully saturated rings. The lowest BCUT2D eigenvalue weighted by molar-refractivity contribution is 0.618. The van der Waals surface area contributed by atoms with Gasteiger partial charge in [0.15, 0.2) is 0 Å². The lowest BCUT2D eigenvalue weighted by Gasteiger charge is -2.39. The molecule has 0 bridgehead atoms. The molecule has 0 N–H and O–H groups in total. The molecule has 2 nitrogen and oxygen atoms in total. The summed E-state index contributed by atoms with van der Waals surface area (Å²) in [5.41, 5.74) is 2.13. The van der Waals surface area contributed by atoms with Gasteiger partial charge < -0.3 is 9.80 Å². The molecule has 82 valence electrons. The third-order valence-corrected chi connectivity index (χ3v) is 2.96. The molecule has 0 radical (unpaired) electrons. The average molecular weight is 208 g/mol. The maximum atomic E-state index is 13.2. The van der Waals surface area contributed by atoms with Gasteiger partial charge in [0.05, 0.1) is 11.4 Å². The Kier molecular flexibility index (Phi) is 2.55. The molecule has 1 aromatic carbocycles. The molecule has 15 heavy (non-hydrogen) atoms. The lowest BCUT2D eigenvalue weighted by atomic mass is 10.1. The van der Waals surface area contributed by atoms with Crippen LogP contribution >= 0.6 is 0 Å². The molecule has 3 heteroatoms. The Morgan fingerprint density at radius 2 is 1.93 bits per heavy atom. The van der Waals surface area contributed by atoms with Crippen molar-refractivity contribution < 1.29 is 4.39 Å². The van der Waals surface area contributed by atoms with Crippen LogP contribution in [0.2, 0.25) is 0 Å². The van der Waals surface area contributed by atoms with Gasteiger partial charge in [-0.15, -0.1) is 0 Å². The van der Waals surface area contributed by atoms with E-state index in [0.29, 0.717) is 6.04 Å². The molecule has 0 atom stereocenters. The van der Waals surface area contributed by atoms with Crippen LogP contribution in [0, 0.1) is 5.82 Å². The quantitative estimate of drug-likeness (QED) is 0.699. The molecule has 1 heterocycles. The highest BCUT2D eigenvalue weighted by Crippen LogP contribution is 2.33. The Hall–Kier alpha value is -1.25. The first-order valence-electron chi connectivity index (χ1n) is 5.37. The molecule has 1 aliphatic rings. The summed E-state index contributed by atoms with van der Waals surface area (Å²) in [6.45, 7) is 6.29. The molecule has 0 aromatic heterocycles. The number of likely N-dealkylation sites (N-methyl/N-ethyl adjacent to an activating group) is 1. The first-order chi connectivity index (χ1) is 7.09. The summed E-state index contributed by atoms with van der Waals surface area (Å²) in [7, 11) is 2.01. The Balaban J connectivity index is 2.45. The van der Waals surface area contributed by atoms with Gasteiger partial charge in [0.25, 0.3) is 0 Å². The summed E-state index contributed by atoms with van der Waals surface area (Å²) in [5, 5.41) is 0. The summed E-state index contributed by atoms with van der Waals surface area (Å²) < 4.78 is 13.2. The molecular formula is C12H17FN2. The van der Waals surface area contributed by atoms with E-state index >= 15 is 0 Å². The number of nitrogens with zero attached hydrogens (tertiary/aromatic N) is 2. The number of rotatable bonds is 1. The molecule has 0 amide bonds. The fraction of sp³-hybridized carbons (Fsp3) is 0.500. The predicted molar refractivity (Wildman–Crippen MR) is 62.2 cm³/mol. The van der Waals surface area contributed by atoms with Crippen LogP contribution in [0.4, 0.5) is 15.8 Å². The van der Waals surface area contributed by atoms with Gasteiger partial charge in [-0.1, -0.05) is 0 Å². The highest BCUT2D eigenvalue weighted by atomic mass is 19.1. The number of halogens is 1. The van der Waals surface area contributed by atoms with Crippen molar-refractivity contribution in [3.8, 4) is 0 Å². The topological polar surface area (TPSA) is 6.48 Å². The molecule has 0 saturated carbocycles. The number of hydrogen-bond acceptors (Lipinski definition) is 2. The molecule has 0 aliphatic carbocycles. The summed E-state index contributed by atoms with van der Waals surface area (Å²) in [6.07, 6.45) is 0. The minimum Gasteiger partial charge on any atom is -0.371 e. The van der Waals surface area contributed by atoms with E-state index in [0.717, 1.165) is 24.5 Å². The van der Waals surface area contributed by atoms with Gasteiger partial charge in [0.2, 0.25) is 0 Å². The fourth-order valence-corrected chi connectivity index (χ4v) is 2.08. The van der Waals surface area contributed by atoms with Crippen LogP contribution in [0.15, 0.2) is 18.2 Å². The second kappa shape index (κ2) is 3.72. The smallest absolute Gasteiger partial charge is 0.125 e. The lowest BCUT2D eigenvalue weighted by Crippen LogP contribution is -2.42. The van der Waals surface area contributed by atoms with Crippen LogP contribution in [-0.2, 0) is 0 Å². The van der Waals surface area contributed by atoms with E-state index in [1.165, 1.54) is 6.07 Å². The summed E-state index contributed by atoms with van der Waals surface area (Å²) >= 11 is 0. The van der Waals surface area contributed by atoms with Crippen LogP contribution < -0.4 is 9.80 Å². The SMILES string of the molecule is CC(C)N1CCN(C)c2cc(F)ccc21. The predicted octanol–water partition coefficient (Wildman–Crippen LogP) is 2.49. The monoisotopic (exact) mass is 208 g/mol. The van der Waals surface area contributed by atoms with Gasteiger partial charge in [-0.05, 0) is 32.0 Å². The second-order valence-electron chi connectivity index (χ2n) is 4.34. The maximum Gasteiger partial charge on any atom is 0.125 e. The number of fused-ring (bicyclic) bond motifs is 1. The van der Waals surface area contributed by atoms with Crippen molar-refractivity contribution in [2.45, 2.75) is 19.9 Å². The van der Waals surface area contributed by atoms with Gasteiger partial charge >= 0.3 is 0 Å². The van der Waals surface area contributed by atoms with Crippen molar-refractivity contribution in [1.82, 2.24) is 0 Å². The van der Waals surface area contributed by atoms with Gasteiger partial charge in [-0.25, -0.2) is 4.39 Å². The Bertz CT molecular complexity index is 363. The minimum absolute atomic E-state index is 0.161. The first kappa shape index (κ1) is 10.3. The molecule has 0 spiro atoms. The average Bonchev–Trinajstić information content (AvgIpc) is 2.19. The Morgan fingerprint density at radius 1 is 1.20 bits per heavy atom. The van der Waals surface area contributed by atoms with Crippen molar-refractivity contribution in [3.05, 3.63) is 24.0 Å². The molecule has 2 rings (SSSR count). The van der Waals surface area contributed by atoms with E-state index in [9.17, 15) is 4.39 Å². The van der Waals surface area contributed by atoms with Crippen LogP contribution in [0.3, 0.4) is 0 Å². The minimum atomic E-state index is -0.161. The van der Waals surface area contributed by atoms with Crippen molar-refractivity contribution >= 4 is 11.4 Å². The van der Waals surface area contributed by atoms with Crippen molar-refractivity contribution in [3.63, 3.8) is 0 Å². The van der Waals surface area contributed by atoms with E-state index in [2.05, 4.69) is 23.6 Å². The summed E-state index contributed by atoms with van der Waals surface area (Å²) in [6, 6.07) is 5.49. The van der Waals surface area contributed by atoms with E-state index < -0.39 is 0 Å². The van der Waals surface area contributed by atoms with Crippen molar-refractivity contribution in [1.29, 1.82) is 0 Å². The van der Waals surface area contributed by atoms with Crippen LogP contribution in [0.25, 0.3) is 0 Å². The van der Waals surface area contributed by atoms with Gasteiger partial charge in [0, 0.05) is 26.2 Å². The standard InChI is InChI=1S/C12H17FN2/c1-9(2)15-7-6-14(3)12-8-10(13)4-5-11(12)15/h4-5,8-9H,6-7H2,1-3H3. The second-order valence-corrected chi connectivity index (χ2v) is 4.34. The van der Waals surface area contributed by atoms with Gasteiger partial charge in [-0.2, -0.15) is 0 Å². The van der Waals surface area contributed by atoms with E-state index in [4.69, 9.17) is 0 Å². The zero-order valence-electron chi connectivity index (χ0n) is 9.50. The fourth-order valence-electron chi connectivity index (χ4n) is 2.08. The Labute approximate surface area is 90.3 Å². The van der Waals surface area contributed by atoms with Crippen LogP contribution in [0.1, 0.15) is 13.8 Å². The molecule has 1 aliphatic heterocycles. The normalized spacial score (nSPS) is 15.8. The zero-order valence-corrected chi connectivity index (χ0v) is 9.50. The number of benzene rings is 1. The highest BCUT2D eigenvalue weighted by Gasteiger charge is 2.22. The highest BCUT2D eigenvalue weighted by molar-refractivity contribution is 5.73. The zero-order chi connectivity index (χ0) is 11.0.